The minimum atomic E-state index is -5.84. The monoisotopic (exact) mass is 778 g/mol. The van der Waals surface area contributed by atoms with Crippen molar-refractivity contribution in [3.63, 3.8) is 0 Å². The molecule has 234 valence electrons. The van der Waals surface area contributed by atoms with Gasteiger partial charge < -0.3 is 0 Å². The smallest absolute Gasteiger partial charge is 0.279 e. The SMILES string of the molecule is C[C]1[C](C)[C](C)[C](C)[C]1C.C[C]1[C](C)[C](C)[C](C)[C]1C.O=S(=O)(O)C(F)(F)F.[CH]1[CH][CH][C]([C]2[CH][CH][CH][CH][CH]2)[CH][CH]1.[Ru].[Ru]. The summed E-state index contributed by atoms with van der Waals surface area (Å²) in [5.74, 6) is 17.2. The summed E-state index contributed by atoms with van der Waals surface area (Å²) in [6.45, 7) is 22.0. The van der Waals surface area contributed by atoms with E-state index in [0.29, 0.717) is 0 Å². The van der Waals surface area contributed by atoms with Crippen molar-refractivity contribution in [1.82, 2.24) is 0 Å². The first-order valence-corrected chi connectivity index (χ1v) is 14.3. The third-order valence-electron chi connectivity index (χ3n) is 7.80. The molecule has 0 spiro atoms. The molecule has 4 aliphatic rings. The number of halogens is 3. The Morgan fingerprint density at radius 3 is 0.714 bits per heavy atom. The van der Waals surface area contributed by atoms with E-state index in [2.05, 4.69) is 121 Å². The quantitative estimate of drug-likeness (QED) is 0.165. The molecule has 1 N–H and O–H groups in total. The van der Waals surface area contributed by atoms with Crippen LogP contribution in [0.1, 0.15) is 69.2 Å². The fourth-order valence-corrected chi connectivity index (χ4v) is 4.07. The Morgan fingerprint density at radius 2 is 0.595 bits per heavy atom. The molecule has 42 heavy (non-hydrogen) atoms. The molecule has 3 nitrogen and oxygen atoms in total. The first-order chi connectivity index (χ1) is 18.3. The summed E-state index contributed by atoms with van der Waals surface area (Å²) in [5, 5.41) is 0. The van der Waals surface area contributed by atoms with Crippen molar-refractivity contribution in [3.05, 3.63) is 135 Å². The maximum atomic E-state index is 10.7. The number of hydrogen-bond donors (Lipinski definition) is 1. The molecule has 4 rings (SSSR count). The molecule has 0 aromatic rings. The van der Waals surface area contributed by atoms with Gasteiger partial charge in [-0.15, -0.1) is 0 Å². The van der Waals surface area contributed by atoms with Gasteiger partial charge in [0.2, 0.25) is 0 Å². The van der Waals surface area contributed by atoms with Gasteiger partial charge in [-0.2, -0.15) is 21.6 Å². The average molecular weight is 777 g/mol. The molecule has 0 aromatic heterocycles. The Bertz CT molecular complexity index is 678. The molecule has 0 unspecified atom stereocenters. The van der Waals surface area contributed by atoms with Gasteiger partial charge in [0.05, 0.1) is 0 Å². The fourth-order valence-electron chi connectivity index (χ4n) is 4.07. The van der Waals surface area contributed by atoms with Crippen molar-refractivity contribution < 1.29 is 65.1 Å². The summed E-state index contributed by atoms with van der Waals surface area (Å²) in [5.41, 5.74) is -5.53. The van der Waals surface area contributed by atoms with Crippen LogP contribution in [0.25, 0.3) is 0 Å². The first kappa shape index (κ1) is 45.1. The van der Waals surface area contributed by atoms with Crippen molar-refractivity contribution >= 4 is 10.1 Å². The van der Waals surface area contributed by atoms with E-state index in [1.165, 1.54) is 71.0 Å². The number of rotatable bonds is 1. The maximum Gasteiger partial charge on any atom is 0.522 e. The molecule has 0 saturated heterocycles. The van der Waals surface area contributed by atoms with Gasteiger partial charge in [-0.05, 0) is 135 Å². The standard InChI is InChI=1S/C12H10.2C10H15.CHF3O3S.2Ru/c1-3-7-11(8-4-1)12-9-5-2-6-10-12;2*1-6-7(2)9(4)10(5)8(6)3;2-1(3,4)8(5,6)7;;/h1-10H;2*1-5H3;(H,5,6,7);;. The predicted octanol–water partition coefficient (Wildman–Crippen LogP) is 8.54. The summed E-state index contributed by atoms with van der Waals surface area (Å²) >= 11 is 0. The molecule has 0 atom stereocenters. The Kier molecular flexibility index (Phi) is 21.7. The molecule has 0 bridgehead atoms. The van der Waals surface area contributed by atoms with Gasteiger partial charge in [0, 0.05) is 39.0 Å². The van der Waals surface area contributed by atoms with Crippen molar-refractivity contribution in [3.8, 4) is 0 Å². The van der Waals surface area contributed by atoms with Crippen molar-refractivity contribution in [2.24, 2.45) is 0 Å². The largest absolute Gasteiger partial charge is 0.522 e. The van der Waals surface area contributed by atoms with Crippen molar-refractivity contribution in [2.75, 3.05) is 0 Å². The average Bonchev–Trinajstić information content (AvgIpc) is 3.19. The number of alkyl halides is 3. The molecule has 9 heteroatoms. The molecule has 4 fully saturated rings. The van der Waals surface area contributed by atoms with Crippen molar-refractivity contribution in [2.45, 2.75) is 74.7 Å². The first-order valence-electron chi connectivity index (χ1n) is 12.9. The molecule has 4 saturated carbocycles. The van der Waals surface area contributed by atoms with E-state index in [9.17, 15) is 13.2 Å². The fraction of sp³-hybridized carbons (Fsp3) is 0.333. The van der Waals surface area contributed by atoms with Crippen LogP contribution in [0, 0.1) is 135 Å². The van der Waals surface area contributed by atoms with Gasteiger partial charge in [0.15, 0.2) is 0 Å². The third-order valence-corrected chi connectivity index (χ3v) is 8.38. The van der Waals surface area contributed by atoms with Crippen LogP contribution in [0.4, 0.5) is 13.2 Å². The van der Waals surface area contributed by atoms with E-state index in [-0.39, 0.29) is 39.0 Å². The summed E-state index contributed by atoms with van der Waals surface area (Å²) in [6, 6.07) is 0. The Labute approximate surface area is 283 Å². The van der Waals surface area contributed by atoms with E-state index in [1.807, 2.05) is 12.8 Å². The van der Waals surface area contributed by atoms with Crippen LogP contribution in [0.3, 0.4) is 0 Å². The Hall–Kier alpha value is 0.947. The van der Waals surface area contributed by atoms with Crippen LogP contribution in [0.5, 0.6) is 0 Å². The van der Waals surface area contributed by atoms with Gasteiger partial charge in [0.1, 0.15) is 0 Å². The van der Waals surface area contributed by atoms with E-state index in [0.717, 1.165) is 0 Å². The Morgan fingerprint density at radius 1 is 0.452 bits per heavy atom. The topological polar surface area (TPSA) is 54.4 Å². The van der Waals surface area contributed by atoms with Crippen molar-refractivity contribution in [1.29, 1.82) is 0 Å². The van der Waals surface area contributed by atoms with Gasteiger partial charge in [-0.25, -0.2) is 0 Å². The molecule has 0 aromatic carbocycles. The predicted molar refractivity (Wildman–Crippen MR) is 156 cm³/mol. The van der Waals surface area contributed by atoms with Crippen LogP contribution < -0.4 is 0 Å². The van der Waals surface area contributed by atoms with Gasteiger partial charge in [-0.1, -0.05) is 69.2 Å². The number of hydrogen-bond acceptors (Lipinski definition) is 2. The third kappa shape index (κ3) is 13.4. The molecule has 0 amide bonds. The van der Waals surface area contributed by atoms with Gasteiger partial charge in [0.25, 0.3) is 0 Å². The van der Waals surface area contributed by atoms with Crippen LogP contribution in [-0.4, -0.2) is 18.5 Å². The second-order valence-electron chi connectivity index (χ2n) is 9.90. The van der Waals surface area contributed by atoms with Gasteiger partial charge in [-0.3, -0.25) is 4.55 Å². The minimum Gasteiger partial charge on any atom is -0.279 e. The van der Waals surface area contributed by atoms with Crippen LogP contribution >= 0.6 is 0 Å². The Balaban J connectivity index is 0. The summed E-state index contributed by atoms with van der Waals surface area (Å²) in [6.07, 6.45) is 20.8. The maximum absolute atomic E-state index is 10.7. The van der Waals surface area contributed by atoms with Crippen LogP contribution in [-0.2, 0) is 49.1 Å². The molecule has 4 aliphatic carbocycles. The van der Waals surface area contributed by atoms with E-state index in [1.54, 1.807) is 0 Å². The van der Waals surface area contributed by atoms with Crippen LogP contribution in [0.15, 0.2) is 0 Å². The minimum absolute atomic E-state index is 0. The second-order valence-corrected chi connectivity index (χ2v) is 11.3. The summed E-state index contributed by atoms with van der Waals surface area (Å²) in [7, 11) is -5.84. The normalized spacial score (nSPS) is 24.5. The molecule has 0 aliphatic heterocycles. The molecule has 0 heterocycles. The van der Waals surface area contributed by atoms with Crippen LogP contribution in [0.2, 0.25) is 0 Å². The molecule has 22 radical (unpaired) electrons. The molecular weight excluding hydrogens is 736 g/mol. The zero-order chi connectivity index (χ0) is 31.0. The molecular formula is C33H41F3O3Ru2S. The zero-order valence-electron chi connectivity index (χ0n) is 25.8. The van der Waals surface area contributed by atoms with E-state index < -0.39 is 15.6 Å². The van der Waals surface area contributed by atoms with E-state index in [4.69, 9.17) is 13.0 Å². The summed E-state index contributed by atoms with van der Waals surface area (Å²) < 4.78 is 57.5. The van der Waals surface area contributed by atoms with Gasteiger partial charge >= 0.3 is 15.6 Å². The second kappa shape index (κ2) is 20.2. The van der Waals surface area contributed by atoms with E-state index >= 15 is 0 Å². The summed E-state index contributed by atoms with van der Waals surface area (Å²) in [4.78, 5) is 0. The zero-order valence-corrected chi connectivity index (χ0v) is 30.1.